The fourth-order valence-electron chi connectivity index (χ4n) is 5.89. The van der Waals surface area contributed by atoms with Crippen LogP contribution in [0.15, 0.2) is 48.8 Å². The highest BCUT2D eigenvalue weighted by Gasteiger charge is 2.46. The van der Waals surface area contributed by atoms with Crippen molar-refractivity contribution in [2.24, 2.45) is 0 Å². The first kappa shape index (κ1) is 21.1. The van der Waals surface area contributed by atoms with Crippen LogP contribution < -0.4 is 0 Å². The zero-order chi connectivity index (χ0) is 22.1. The van der Waals surface area contributed by atoms with Crippen molar-refractivity contribution in [2.75, 3.05) is 46.3 Å². The van der Waals surface area contributed by atoms with Crippen LogP contribution in [0, 0.1) is 0 Å². The van der Waals surface area contributed by atoms with Crippen LogP contribution in [0.1, 0.15) is 53.1 Å². The van der Waals surface area contributed by atoms with Gasteiger partial charge in [-0.2, -0.15) is 0 Å². The average Bonchev–Trinajstić information content (AvgIpc) is 3.13. The number of nitrogens with zero attached hydrogens (tertiary/aromatic N) is 4. The summed E-state index contributed by atoms with van der Waals surface area (Å²) >= 11 is 0. The summed E-state index contributed by atoms with van der Waals surface area (Å²) in [6.07, 6.45) is 6.87. The number of hydrogen-bond acceptors (Lipinski definition) is 4. The number of likely N-dealkylation sites (tertiary alicyclic amines) is 1. The molecule has 1 atom stereocenters. The summed E-state index contributed by atoms with van der Waals surface area (Å²) in [5, 5.41) is 0. The lowest BCUT2D eigenvalue weighted by Crippen LogP contribution is -2.47. The molecular formula is C26H32N4O2. The van der Waals surface area contributed by atoms with E-state index in [-0.39, 0.29) is 17.2 Å². The summed E-state index contributed by atoms with van der Waals surface area (Å²) in [4.78, 5) is 36.4. The lowest BCUT2D eigenvalue weighted by atomic mass is 9.73. The van der Waals surface area contributed by atoms with Crippen molar-refractivity contribution in [1.82, 2.24) is 19.7 Å². The molecule has 6 heteroatoms. The summed E-state index contributed by atoms with van der Waals surface area (Å²) in [5.41, 5.74) is 3.49. The molecule has 32 heavy (non-hydrogen) atoms. The minimum Gasteiger partial charge on any atom is -0.340 e. The molecule has 2 amide bonds. The number of likely N-dealkylation sites (N-methyl/N-ethyl adjacent to an activating group) is 1. The topological polar surface area (TPSA) is 56.8 Å². The summed E-state index contributed by atoms with van der Waals surface area (Å²) in [6, 6.07) is 12.4. The quantitative estimate of drug-likeness (QED) is 0.748. The van der Waals surface area contributed by atoms with E-state index in [9.17, 15) is 9.59 Å². The van der Waals surface area contributed by atoms with Gasteiger partial charge in [0.2, 0.25) is 5.91 Å². The van der Waals surface area contributed by atoms with Gasteiger partial charge in [-0.1, -0.05) is 24.3 Å². The van der Waals surface area contributed by atoms with Crippen LogP contribution in [-0.4, -0.2) is 77.8 Å². The maximum absolute atomic E-state index is 13.1. The number of piperidine rings is 1. The Morgan fingerprint density at radius 2 is 1.72 bits per heavy atom. The van der Waals surface area contributed by atoms with Crippen LogP contribution in [0.3, 0.4) is 0 Å². The van der Waals surface area contributed by atoms with Crippen LogP contribution in [0.5, 0.6) is 0 Å². The molecule has 2 saturated heterocycles. The van der Waals surface area contributed by atoms with E-state index in [1.165, 1.54) is 11.1 Å². The second-order valence-electron chi connectivity index (χ2n) is 9.69. The number of amides is 2. The number of carbonyl (C=O) groups is 2. The Bertz CT molecular complexity index is 976. The molecule has 1 aromatic carbocycles. The summed E-state index contributed by atoms with van der Waals surface area (Å²) < 4.78 is 0. The Labute approximate surface area is 190 Å². The molecule has 0 N–H and O–H groups in total. The van der Waals surface area contributed by atoms with Crippen molar-refractivity contribution in [3.05, 3.63) is 65.5 Å². The molecule has 0 unspecified atom stereocenters. The van der Waals surface area contributed by atoms with E-state index in [1.54, 1.807) is 12.4 Å². The third-order valence-electron chi connectivity index (χ3n) is 7.80. The van der Waals surface area contributed by atoms with Crippen molar-refractivity contribution < 1.29 is 9.59 Å². The lowest BCUT2D eigenvalue weighted by molar-refractivity contribution is -0.133. The zero-order valence-electron chi connectivity index (χ0n) is 18.9. The van der Waals surface area contributed by atoms with Crippen LogP contribution in [0.25, 0.3) is 0 Å². The fourth-order valence-corrected chi connectivity index (χ4v) is 5.89. The molecule has 2 aliphatic heterocycles. The van der Waals surface area contributed by atoms with Gasteiger partial charge in [0.15, 0.2) is 0 Å². The van der Waals surface area contributed by atoms with Gasteiger partial charge in [-0.3, -0.25) is 14.6 Å². The summed E-state index contributed by atoms with van der Waals surface area (Å²) in [5.74, 6) is 0.638. The number of benzene rings is 1. The van der Waals surface area contributed by atoms with Gasteiger partial charge in [-0.05, 0) is 60.9 Å². The van der Waals surface area contributed by atoms with E-state index < -0.39 is 0 Å². The largest absolute Gasteiger partial charge is 0.340 e. The highest BCUT2D eigenvalue weighted by atomic mass is 16.2. The lowest BCUT2D eigenvalue weighted by Gasteiger charge is -2.40. The predicted octanol–water partition coefficient (Wildman–Crippen LogP) is 2.91. The van der Waals surface area contributed by atoms with E-state index in [0.29, 0.717) is 17.9 Å². The molecule has 1 spiro atoms. The molecule has 168 valence electrons. The number of rotatable bonds is 3. The highest BCUT2D eigenvalue weighted by Crippen LogP contribution is 2.52. The first-order valence-electron chi connectivity index (χ1n) is 11.8. The van der Waals surface area contributed by atoms with Gasteiger partial charge < -0.3 is 14.7 Å². The van der Waals surface area contributed by atoms with Gasteiger partial charge in [-0.25, -0.2) is 0 Å². The van der Waals surface area contributed by atoms with Gasteiger partial charge >= 0.3 is 0 Å². The molecule has 3 aliphatic rings. The SMILES string of the molecule is CN1CCN(C(=O)C[C@@H]2CC3(CCN(C(=O)c4cccnc4)CC3)c3ccccc32)CC1. The van der Waals surface area contributed by atoms with Crippen LogP contribution in [0.4, 0.5) is 0 Å². The molecule has 6 nitrogen and oxygen atoms in total. The normalized spacial score (nSPS) is 22.7. The average molecular weight is 433 g/mol. The molecule has 0 saturated carbocycles. The van der Waals surface area contributed by atoms with Gasteiger partial charge in [0.1, 0.15) is 0 Å². The molecule has 1 aliphatic carbocycles. The van der Waals surface area contributed by atoms with E-state index in [0.717, 1.165) is 58.5 Å². The number of aromatic nitrogens is 1. The molecular weight excluding hydrogens is 400 g/mol. The molecule has 2 aromatic rings. The third kappa shape index (κ3) is 3.92. The van der Waals surface area contributed by atoms with Gasteiger partial charge in [-0.15, -0.1) is 0 Å². The second-order valence-corrected chi connectivity index (χ2v) is 9.69. The smallest absolute Gasteiger partial charge is 0.255 e. The molecule has 0 bridgehead atoms. The first-order chi connectivity index (χ1) is 15.6. The summed E-state index contributed by atoms with van der Waals surface area (Å²) in [7, 11) is 2.12. The van der Waals surface area contributed by atoms with E-state index in [1.807, 2.05) is 21.9 Å². The Morgan fingerprint density at radius 1 is 0.969 bits per heavy atom. The fraction of sp³-hybridized carbons (Fsp3) is 0.500. The zero-order valence-corrected chi connectivity index (χ0v) is 18.9. The van der Waals surface area contributed by atoms with Crippen molar-refractivity contribution in [2.45, 2.75) is 37.0 Å². The van der Waals surface area contributed by atoms with E-state index in [4.69, 9.17) is 0 Å². The first-order valence-corrected chi connectivity index (χ1v) is 11.8. The second kappa shape index (κ2) is 8.66. The van der Waals surface area contributed by atoms with Crippen LogP contribution in [0.2, 0.25) is 0 Å². The Balaban J connectivity index is 1.29. The maximum atomic E-state index is 13.1. The predicted molar refractivity (Wildman–Crippen MR) is 124 cm³/mol. The molecule has 2 fully saturated rings. The van der Waals surface area contributed by atoms with Gasteiger partial charge in [0, 0.05) is 58.1 Å². The molecule has 5 rings (SSSR count). The highest BCUT2D eigenvalue weighted by molar-refractivity contribution is 5.94. The maximum Gasteiger partial charge on any atom is 0.255 e. The van der Waals surface area contributed by atoms with E-state index in [2.05, 4.69) is 41.2 Å². The number of carbonyl (C=O) groups excluding carboxylic acids is 2. The minimum absolute atomic E-state index is 0.0704. The number of pyridine rings is 1. The summed E-state index contributed by atoms with van der Waals surface area (Å²) in [6.45, 7) is 5.08. The van der Waals surface area contributed by atoms with E-state index >= 15 is 0 Å². The standard InChI is InChI=1S/C26H32N4O2/c1-28-13-15-29(16-14-28)24(31)17-21-18-26(23-7-3-2-6-22(21)23)8-11-30(12-9-26)25(32)20-5-4-10-27-19-20/h2-7,10,19,21H,8-9,11-18H2,1H3/t21-/m1/s1. The number of hydrogen-bond donors (Lipinski definition) is 0. The Kier molecular flexibility index (Phi) is 5.72. The monoisotopic (exact) mass is 432 g/mol. The van der Waals surface area contributed by atoms with Gasteiger partial charge in [0.25, 0.3) is 5.91 Å². The number of fused-ring (bicyclic) bond motifs is 2. The molecule has 1 aromatic heterocycles. The van der Waals surface area contributed by atoms with Crippen molar-refractivity contribution in [1.29, 1.82) is 0 Å². The third-order valence-corrected chi connectivity index (χ3v) is 7.80. The molecule has 0 radical (unpaired) electrons. The molecule has 3 heterocycles. The van der Waals surface area contributed by atoms with Gasteiger partial charge in [0.05, 0.1) is 5.56 Å². The van der Waals surface area contributed by atoms with Crippen molar-refractivity contribution >= 4 is 11.8 Å². The van der Waals surface area contributed by atoms with Crippen molar-refractivity contribution in [3.8, 4) is 0 Å². The Morgan fingerprint density at radius 3 is 2.44 bits per heavy atom. The van der Waals surface area contributed by atoms with Crippen molar-refractivity contribution in [3.63, 3.8) is 0 Å². The van der Waals surface area contributed by atoms with Crippen LogP contribution in [-0.2, 0) is 10.2 Å². The minimum atomic E-state index is 0.0704. The van der Waals surface area contributed by atoms with Crippen LogP contribution >= 0.6 is 0 Å². The number of piperazine rings is 1. The Hall–Kier alpha value is -2.73.